The minimum atomic E-state index is -0.292. The van der Waals surface area contributed by atoms with Gasteiger partial charge >= 0.3 is 0 Å². The zero-order chi connectivity index (χ0) is 10.6. The molecule has 2 aliphatic heterocycles. The first-order chi connectivity index (χ1) is 6.28. The van der Waals surface area contributed by atoms with Crippen LogP contribution in [-0.4, -0.2) is 35.6 Å². The second kappa shape index (κ2) is 2.71. The van der Waals surface area contributed by atoms with Crippen LogP contribution in [0, 0.1) is 0 Å². The van der Waals surface area contributed by atoms with E-state index in [9.17, 15) is 0 Å². The van der Waals surface area contributed by atoms with Gasteiger partial charge in [-0.05, 0) is 34.7 Å². The van der Waals surface area contributed by atoms with E-state index in [0.717, 1.165) is 12.8 Å². The van der Waals surface area contributed by atoms with Gasteiger partial charge in [-0.3, -0.25) is 4.90 Å². The number of nitrogens with zero attached hydrogens (tertiary/aromatic N) is 1. The standard InChI is InChI=1S/C11H21NO2/c1-9(2)6-11(13-8-14-11)7-10(3,4)12(9)5/h6-8H2,1-5H3. The molecule has 0 unspecified atom stereocenters. The van der Waals surface area contributed by atoms with Gasteiger partial charge in [-0.2, -0.15) is 0 Å². The lowest BCUT2D eigenvalue weighted by atomic mass is 9.76. The van der Waals surface area contributed by atoms with Gasteiger partial charge in [0.25, 0.3) is 0 Å². The van der Waals surface area contributed by atoms with Gasteiger partial charge in [-0.15, -0.1) is 0 Å². The SMILES string of the molecule is CN1C(C)(C)CC2(CC1(C)C)OCO2. The van der Waals surface area contributed by atoms with Crippen LogP contribution in [-0.2, 0) is 9.47 Å². The molecular weight excluding hydrogens is 178 g/mol. The zero-order valence-corrected chi connectivity index (χ0v) is 9.89. The number of rotatable bonds is 0. The zero-order valence-electron chi connectivity index (χ0n) is 9.89. The Morgan fingerprint density at radius 1 is 0.929 bits per heavy atom. The van der Waals surface area contributed by atoms with E-state index in [1.165, 1.54) is 0 Å². The number of hydrogen-bond donors (Lipinski definition) is 0. The third-order valence-electron chi connectivity index (χ3n) is 3.86. The molecule has 0 N–H and O–H groups in total. The van der Waals surface area contributed by atoms with Crippen molar-refractivity contribution in [1.82, 2.24) is 4.90 Å². The highest BCUT2D eigenvalue weighted by molar-refractivity contribution is 5.03. The Labute approximate surface area is 86.4 Å². The summed E-state index contributed by atoms with van der Waals surface area (Å²) in [7, 11) is 2.19. The van der Waals surface area contributed by atoms with Crippen molar-refractivity contribution in [2.45, 2.75) is 57.4 Å². The molecule has 0 atom stereocenters. The molecule has 0 amide bonds. The van der Waals surface area contributed by atoms with Gasteiger partial charge in [0.15, 0.2) is 12.6 Å². The summed E-state index contributed by atoms with van der Waals surface area (Å²) in [4.78, 5) is 2.43. The molecule has 2 aliphatic rings. The molecule has 0 radical (unpaired) electrons. The van der Waals surface area contributed by atoms with E-state index in [0.29, 0.717) is 6.79 Å². The maximum atomic E-state index is 5.63. The predicted molar refractivity (Wildman–Crippen MR) is 54.9 cm³/mol. The summed E-state index contributed by atoms with van der Waals surface area (Å²) >= 11 is 0. The van der Waals surface area contributed by atoms with Crippen LogP contribution >= 0.6 is 0 Å². The van der Waals surface area contributed by atoms with Crippen molar-refractivity contribution in [2.75, 3.05) is 13.8 Å². The number of likely N-dealkylation sites (tertiary alicyclic amines) is 1. The highest BCUT2D eigenvalue weighted by Crippen LogP contribution is 2.47. The lowest BCUT2D eigenvalue weighted by Gasteiger charge is -2.60. The van der Waals surface area contributed by atoms with E-state index < -0.39 is 0 Å². The van der Waals surface area contributed by atoms with Gasteiger partial charge in [-0.1, -0.05) is 0 Å². The van der Waals surface area contributed by atoms with Gasteiger partial charge in [0.1, 0.15) is 0 Å². The molecule has 0 aromatic carbocycles. The third-order valence-corrected chi connectivity index (χ3v) is 3.86. The van der Waals surface area contributed by atoms with Crippen molar-refractivity contribution in [3.8, 4) is 0 Å². The molecular formula is C11H21NO2. The van der Waals surface area contributed by atoms with Crippen molar-refractivity contribution in [2.24, 2.45) is 0 Å². The van der Waals surface area contributed by atoms with E-state index >= 15 is 0 Å². The maximum Gasteiger partial charge on any atom is 0.177 e. The van der Waals surface area contributed by atoms with Gasteiger partial charge < -0.3 is 9.47 Å². The molecule has 1 spiro atoms. The maximum absolute atomic E-state index is 5.63. The molecule has 2 rings (SSSR count). The molecule has 2 heterocycles. The van der Waals surface area contributed by atoms with Crippen LogP contribution in [0.25, 0.3) is 0 Å². The minimum Gasteiger partial charge on any atom is -0.324 e. The minimum absolute atomic E-state index is 0.141. The molecule has 0 aromatic heterocycles. The molecule has 0 saturated carbocycles. The topological polar surface area (TPSA) is 21.7 Å². The molecule has 0 aromatic rings. The fourth-order valence-corrected chi connectivity index (χ4v) is 2.87. The second-order valence-corrected chi connectivity index (χ2v) is 5.85. The van der Waals surface area contributed by atoms with Crippen LogP contribution in [0.2, 0.25) is 0 Å². The predicted octanol–water partition coefficient (Wildman–Crippen LogP) is 1.97. The lowest BCUT2D eigenvalue weighted by molar-refractivity contribution is -0.425. The highest BCUT2D eigenvalue weighted by Gasteiger charge is 2.55. The molecule has 0 bridgehead atoms. The van der Waals surface area contributed by atoms with E-state index in [1.807, 2.05) is 0 Å². The van der Waals surface area contributed by atoms with Crippen LogP contribution in [0.4, 0.5) is 0 Å². The van der Waals surface area contributed by atoms with E-state index in [1.54, 1.807) is 0 Å². The van der Waals surface area contributed by atoms with E-state index in [-0.39, 0.29) is 16.9 Å². The summed E-state index contributed by atoms with van der Waals surface area (Å²) in [5.41, 5.74) is 0.282. The first kappa shape index (κ1) is 10.4. The monoisotopic (exact) mass is 199 g/mol. The van der Waals surface area contributed by atoms with Crippen LogP contribution in [0.15, 0.2) is 0 Å². The van der Waals surface area contributed by atoms with Crippen molar-refractivity contribution in [3.05, 3.63) is 0 Å². The van der Waals surface area contributed by atoms with Crippen LogP contribution in [0.5, 0.6) is 0 Å². The molecule has 2 fully saturated rings. The average molecular weight is 199 g/mol. The Bertz CT molecular complexity index is 224. The number of ether oxygens (including phenoxy) is 2. The van der Waals surface area contributed by atoms with Crippen LogP contribution in [0.1, 0.15) is 40.5 Å². The Morgan fingerprint density at radius 2 is 1.36 bits per heavy atom. The van der Waals surface area contributed by atoms with Crippen molar-refractivity contribution >= 4 is 0 Å². The Hall–Kier alpha value is -0.120. The fourth-order valence-electron chi connectivity index (χ4n) is 2.87. The van der Waals surface area contributed by atoms with Gasteiger partial charge in [0.2, 0.25) is 0 Å². The summed E-state index contributed by atoms with van der Waals surface area (Å²) < 4.78 is 11.3. The number of piperidine rings is 1. The normalized spacial score (nSPS) is 34.1. The largest absolute Gasteiger partial charge is 0.324 e. The van der Waals surface area contributed by atoms with Crippen molar-refractivity contribution in [1.29, 1.82) is 0 Å². The summed E-state index contributed by atoms with van der Waals surface area (Å²) in [5.74, 6) is -0.292. The molecule has 2 saturated heterocycles. The highest BCUT2D eigenvalue weighted by atomic mass is 16.9. The van der Waals surface area contributed by atoms with Gasteiger partial charge in [0, 0.05) is 23.9 Å². The lowest BCUT2D eigenvalue weighted by Crippen LogP contribution is -2.68. The van der Waals surface area contributed by atoms with Crippen molar-refractivity contribution < 1.29 is 9.47 Å². The first-order valence-electron chi connectivity index (χ1n) is 5.29. The molecule has 3 nitrogen and oxygen atoms in total. The fraction of sp³-hybridized carbons (Fsp3) is 1.00. The van der Waals surface area contributed by atoms with E-state index in [2.05, 4.69) is 39.6 Å². The molecule has 3 heteroatoms. The summed E-state index contributed by atoms with van der Waals surface area (Å²) in [6, 6.07) is 0. The second-order valence-electron chi connectivity index (χ2n) is 5.85. The Kier molecular flexibility index (Phi) is 2.02. The van der Waals surface area contributed by atoms with Crippen LogP contribution < -0.4 is 0 Å². The smallest absolute Gasteiger partial charge is 0.177 e. The average Bonchev–Trinajstić information content (AvgIpc) is 1.96. The summed E-state index contributed by atoms with van der Waals surface area (Å²) in [6.07, 6.45) is 1.92. The van der Waals surface area contributed by atoms with Gasteiger partial charge in [0.05, 0.1) is 0 Å². The first-order valence-corrected chi connectivity index (χ1v) is 5.29. The summed E-state index contributed by atoms with van der Waals surface area (Å²) in [5, 5.41) is 0. The quantitative estimate of drug-likeness (QED) is 0.595. The van der Waals surface area contributed by atoms with Gasteiger partial charge in [-0.25, -0.2) is 0 Å². The number of hydrogen-bond acceptors (Lipinski definition) is 3. The van der Waals surface area contributed by atoms with Crippen LogP contribution in [0.3, 0.4) is 0 Å². The third kappa shape index (κ3) is 1.38. The van der Waals surface area contributed by atoms with E-state index in [4.69, 9.17) is 9.47 Å². The molecule has 82 valence electrons. The molecule has 14 heavy (non-hydrogen) atoms. The van der Waals surface area contributed by atoms with Crippen molar-refractivity contribution in [3.63, 3.8) is 0 Å². The Balaban J connectivity index is 2.24. The Morgan fingerprint density at radius 3 is 1.64 bits per heavy atom. The molecule has 0 aliphatic carbocycles. The summed E-state index contributed by atoms with van der Waals surface area (Å²) in [6.45, 7) is 9.47.